The highest BCUT2D eigenvalue weighted by molar-refractivity contribution is 6.30. The second kappa shape index (κ2) is 9.16. The average Bonchev–Trinajstić information content (AvgIpc) is 3.10. The van der Waals surface area contributed by atoms with Crippen LogP contribution in [-0.4, -0.2) is 45.1 Å². The zero-order valence-corrected chi connectivity index (χ0v) is 17.8. The molecular weight excluding hydrogens is 388 g/mol. The summed E-state index contributed by atoms with van der Waals surface area (Å²) < 4.78 is 11.3. The van der Waals surface area contributed by atoms with Gasteiger partial charge in [0.15, 0.2) is 0 Å². The SMILES string of the molecule is COc1cc2occ(-c3ccc(Cl)cc3)c2cc1/C(C)=C/C(=O)NCCN(C)C. The van der Waals surface area contributed by atoms with Gasteiger partial charge in [0, 0.05) is 46.8 Å². The third-order valence-corrected chi connectivity index (χ3v) is 4.93. The summed E-state index contributed by atoms with van der Waals surface area (Å²) >= 11 is 6.01. The van der Waals surface area contributed by atoms with Gasteiger partial charge < -0.3 is 19.4 Å². The number of furan rings is 1. The van der Waals surface area contributed by atoms with Crippen LogP contribution in [0.4, 0.5) is 0 Å². The molecule has 3 aromatic rings. The Kier molecular flexibility index (Phi) is 6.62. The van der Waals surface area contributed by atoms with Gasteiger partial charge in [-0.15, -0.1) is 0 Å². The van der Waals surface area contributed by atoms with Gasteiger partial charge >= 0.3 is 0 Å². The maximum absolute atomic E-state index is 12.3. The molecule has 6 heteroatoms. The number of ether oxygens (including phenoxy) is 1. The van der Waals surface area contributed by atoms with Crippen LogP contribution in [0.25, 0.3) is 27.7 Å². The first kappa shape index (κ1) is 21.0. The van der Waals surface area contributed by atoms with Gasteiger partial charge in [-0.25, -0.2) is 0 Å². The van der Waals surface area contributed by atoms with Crippen LogP contribution in [0.1, 0.15) is 12.5 Å². The van der Waals surface area contributed by atoms with Crippen LogP contribution in [0.5, 0.6) is 5.75 Å². The predicted molar refractivity (Wildman–Crippen MR) is 118 cm³/mol. The molecule has 1 heterocycles. The number of amides is 1. The Morgan fingerprint density at radius 2 is 1.97 bits per heavy atom. The molecule has 152 valence electrons. The van der Waals surface area contributed by atoms with Crippen molar-refractivity contribution < 1.29 is 13.9 Å². The van der Waals surface area contributed by atoms with Gasteiger partial charge in [-0.2, -0.15) is 0 Å². The van der Waals surface area contributed by atoms with Crippen molar-refractivity contribution in [3.63, 3.8) is 0 Å². The normalized spacial score (nSPS) is 11.9. The van der Waals surface area contributed by atoms with E-state index < -0.39 is 0 Å². The largest absolute Gasteiger partial charge is 0.496 e. The summed E-state index contributed by atoms with van der Waals surface area (Å²) in [5, 5.41) is 4.53. The molecule has 0 aliphatic carbocycles. The Hall–Kier alpha value is -2.76. The number of hydrogen-bond donors (Lipinski definition) is 1. The Balaban J connectivity index is 1.96. The molecule has 0 saturated carbocycles. The van der Waals surface area contributed by atoms with Crippen molar-refractivity contribution in [1.82, 2.24) is 10.2 Å². The van der Waals surface area contributed by atoms with E-state index in [1.807, 2.05) is 62.3 Å². The van der Waals surface area contributed by atoms with Crippen LogP contribution in [0.3, 0.4) is 0 Å². The lowest BCUT2D eigenvalue weighted by Gasteiger charge is -2.11. The molecule has 0 aliphatic heterocycles. The molecule has 1 N–H and O–H groups in total. The Bertz CT molecular complexity index is 1040. The van der Waals surface area contributed by atoms with E-state index in [0.717, 1.165) is 39.8 Å². The summed E-state index contributed by atoms with van der Waals surface area (Å²) in [4.78, 5) is 14.3. The first-order chi connectivity index (χ1) is 13.9. The first-order valence-electron chi connectivity index (χ1n) is 9.35. The second-order valence-corrected chi connectivity index (χ2v) is 7.56. The number of carbonyl (C=O) groups is 1. The van der Waals surface area contributed by atoms with Crippen molar-refractivity contribution in [1.29, 1.82) is 0 Å². The third-order valence-electron chi connectivity index (χ3n) is 4.68. The zero-order chi connectivity index (χ0) is 21.0. The number of hydrogen-bond acceptors (Lipinski definition) is 4. The highest BCUT2D eigenvalue weighted by Crippen LogP contribution is 2.37. The van der Waals surface area contributed by atoms with Gasteiger partial charge in [-0.05, 0) is 50.4 Å². The number of fused-ring (bicyclic) bond motifs is 1. The first-order valence-corrected chi connectivity index (χ1v) is 9.73. The molecule has 1 aromatic heterocycles. The van der Waals surface area contributed by atoms with Crippen LogP contribution < -0.4 is 10.1 Å². The van der Waals surface area contributed by atoms with Gasteiger partial charge in [-0.1, -0.05) is 23.7 Å². The lowest BCUT2D eigenvalue weighted by Crippen LogP contribution is -2.30. The quantitative estimate of drug-likeness (QED) is 0.564. The van der Waals surface area contributed by atoms with E-state index in [1.165, 1.54) is 0 Å². The molecule has 0 unspecified atom stereocenters. The van der Waals surface area contributed by atoms with E-state index in [-0.39, 0.29) is 5.91 Å². The summed E-state index contributed by atoms with van der Waals surface area (Å²) in [6.45, 7) is 3.28. The number of halogens is 1. The highest BCUT2D eigenvalue weighted by atomic mass is 35.5. The fourth-order valence-corrected chi connectivity index (χ4v) is 3.24. The highest BCUT2D eigenvalue weighted by Gasteiger charge is 2.15. The molecule has 0 radical (unpaired) electrons. The number of likely N-dealkylation sites (N-methyl/N-ethyl adjacent to an activating group) is 1. The minimum atomic E-state index is -0.128. The van der Waals surface area contributed by atoms with E-state index in [1.54, 1.807) is 19.4 Å². The maximum atomic E-state index is 12.3. The van der Waals surface area contributed by atoms with Crippen molar-refractivity contribution in [2.45, 2.75) is 6.92 Å². The van der Waals surface area contributed by atoms with E-state index in [9.17, 15) is 4.79 Å². The van der Waals surface area contributed by atoms with E-state index in [4.69, 9.17) is 20.8 Å². The minimum Gasteiger partial charge on any atom is -0.496 e. The molecule has 0 fully saturated rings. The van der Waals surface area contributed by atoms with Crippen molar-refractivity contribution in [3.8, 4) is 16.9 Å². The summed E-state index contributed by atoms with van der Waals surface area (Å²) in [5.74, 6) is 0.529. The predicted octanol–water partition coefficient (Wildman–Crippen LogP) is 4.84. The molecule has 2 aromatic carbocycles. The fraction of sp³-hybridized carbons (Fsp3) is 0.261. The van der Waals surface area contributed by atoms with E-state index in [2.05, 4.69) is 5.32 Å². The molecule has 0 bridgehead atoms. The van der Waals surface area contributed by atoms with Crippen molar-refractivity contribution >= 4 is 34.1 Å². The van der Waals surface area contributed by atoms with Crippen LogP contribution >= 0.6 is 11.6 Å². The summed E-state index contributed by atoms with van der Waals surface area (Å²) in [7, 11) is 5.55. The van der Waals surface area contributed by atoms with Gasteiger partial charge in [0.2, 0.25) is 5.91 Å². The Labute approximate surface area is 175 Å². The standard InChI is InChI=1S/C23H25ClN2O3/c1-15(11-23(27)25-9-10-26(2)3)18-12-19-20(16-5-7-17(24)8-6-16)14-29-22(19)13-21(18)28-4/h5-8,11-14H,9-10H2,1-4H3,(H,25,27)/b15-11+. The van der Waals surface area contributed by atoms with Gasteiger partial charge in [0.05, 0.1) is 13.4 Å². The number of benzene rings is 2. The zero-order valence-electron chi connectivity index (χ0n) is 17.1. The minimum absolute atomic E-state index is 0.128. The van der Waals surface area contributed by atoms with Crippen LogP contribution in [0.2, 0.25) is 5.02 Å². The topological polar surface area (TPSA) is 54.7 Å². The second-order valence-electron chi connectivity index (χ2n) is 7.13. The van der Waals surface area contributed by atoms with Crippen molar-refractivity contribution in [2.75, 3.05) is 34.3 Å². The number of nitrogens with one attached hydrogen (secondary N) is 1. The molecular formula is C23H25ClN2O3. The van der Waals surface area contributed by atoms with Crippen LogP contribution in [0.15, 0.2) is 53.2 Å². The van der Waals surface area contributed by atoms with Crippen LogP contribution in [0, 0.1) is 0 Å². The third kappa shape index (κ3) is 5.00. The summed E-state index contributed by atoms with van der Waals surface area (Å²) in [5.41, 5.74) is 4.35. The number of rotatable bonds is 7. The maximum Gasteiger partial charge on any atom is 0.244 e. The lowest BCUT2D eigenvalue weighted by atomic mass is 9.99. The molecule has 1 amide bonds. The molecule has 0 atom stereocenters. The Morgan fingerprint density at radius 3 is 2.62 bits per heavy atom. The summed E-state index contributed by atoms with van der Waals surface area (Å²) in [6, 6.07) is 11.5. The molecule has 0 saturated heterocycles. The van der Waals surface area contributed by atoms with E-state index in [0.29, 0.717) is 17.3 Å². The number of carbonyl (C=O) groups excluding carboxylic acids is 1. The van der Waals surface area contributed by atoms with Crippen molar-refractivity contribution in [2.24, 2.45) is 0 Å². The van der Waals surface area contributed by atoms with Crippen molar-refractivity contribution in [3.05, 3.63) is 59.3 Å². The number of allylic oxidation sites excluding steroid dienone is 1. The molecule has 29 heavy (non-hydrogen) atoms. The van der Waals surface area contributed by atoms with Gasteiger partial charge in [0.25, 0.3) is 0 Å². The molecule has 0 aliphatic rings. The molecule has 3 rings (SSSR count). The van der Waals surface area contributed by atoms with E-state index >= 15 is 0 Å². The summed E-state index contributed by atoms with van der Waals surface area (Å²) in [6.07, 6.45) is 3.32. The average molecular weight is 413 g/mol. The molecule has 5 nitrogen and oxygen atoms in total. The number of methoxy groups -OCH3 is 1. The smallest absolute Gasteiger partial charge is 0.244 e. The monoisotopic (exact) mass is 412 g/mol. The number of nitrogens with zero attached hydrogens (tertiary/aromatic N) is 1. The lowest BCUT2D eigenvalue weighted by molar-refractivity contribution is -0.116. The fourth-order valence-electron chi connectivity index (χ4n) is 3.11. The molecule has 0 spiro atoms. The van der Waals surface area contributed by atoms with Gasteiger partial charge in [0.1, 0.15) is 11.3 Å². The van der Waals surface area contributed by atoms with Gasteiger partial charge in [-0.3, -0.25) is 4.79 Å². The Morgan fingerprint density at radius 1 is 1.24 bits per heavy atom. The van der Waals surface area contributed by atoms with Crippen LogP contribution in [-0.2, 0) is 4.79 Å².